The van der Waals surface area contributed by atoms with Crippen molar-refractivity contribution in [1.29, 1.82) is 0 Å². The maximum atomic E-state index is 11.5. The molecule has 1 amide bonds. The second-order valence-corrected chi connectivity index (χ2v) is 3.67. The number of unbranched alkanes of at least 4 members (excludes halogenated alkanes) is 1. The van der Waals surface area contributed by atoms with Crippen LogP contribution in [0.3, 0.4) is 0 Å². The van der Waals surface area contributed by atoms with E-state index >= 15 is 0 Å². The van der Waals surface area contributed by atoms with E-state index in [2.05, 4.69) is 12.2 Å². The number of aryl methyl sites for hydroxylation is 1. The van der Waals surface area contributed by atoms with Crippen molar-refractivity contribution in [3.63, 3.8) is 0 Å². The van der Waals surface area contributed by atoms with Gasteiger partial charge in [0.15, 0.2) is 11.9 Å². The summed E-state index contributed by atoms with van der Waals surface area (Å²) in [6, 6.07) is 5.91. The van der Waals surface area contributed by atoms with Crippen molar-refractivity contribution in [2.24, 2.45) is 0 Å². The molecule has 15 heavy (non-hydrogen) atoms. The number of pyridine rings is 1. The molecule has 0 aliphatic carbocycles. The summed E-state index contributed by atoms with van der Waals surface area (Å²) < 4.78 is 1.95. The van der Waals surface area contributed by atoms with Gasteiger partial charge in [0.25, 0.3) is 5.91 Å². The Morgan fingerprint density at radius 3 is 2.93 bits per heavy atom. The molecule has 82 valence electrons. The third kappa shape index (κ3) is 4.11. The van der Waals surface area contributed by atoms with Crippen LogP contribution in [0.4, 0.5) is 0 Å². The van der Waals surface area contributed by atoms with Crippen molar-refractivity contribution in [3.8, 4) is 0 Å². The van der Waals surface area contributed by atoms with Crippen LogP contribution in [0.5, 0.6) is 0 Å². The lowest BCUT2D eigenvalue weighted by Gasteiger charge is -2.02. The van der Waals surface area contributed by atoms with Crippen LogP contribution in [0.1, 0.15) is 25.5 Å². The van der Waals surface area contributed by atoms with Gasteiger partial charge in [-0.25, -0.2) is 0 Å². The summed E-state index contributed by atoms with van der Waals surface area (Å²) in [5.41, 5.74) is 1.10. The molecule has 1 N–H and O–H groups in total. The predicted molar refractivity (Wildman–Crippen MR) is 59.3 cm³/mol. The summed E-state index contributed by atoms with van der Waals surface area (Å²) >= 11 is 0. The second-order valence-electron chi connectivity index (χ2n) is 3.67. The first-order chi connectivity index (χ1) is 7.24. The van der Waals surface area contributed by atoms with E-state index in [9.17, 15) is 4.79 Å². The van der Waals surface area contributed by atoms with Gasteiger partial charge in [0.05, 0.1) is 0 Å². The predicted octanol–water partition coefficient (Wildman–Crippen LogP) is 1.20. The average Bonchev–Trinajstić information content (AvgIpc) is 2.22. The van der Waals surface area contributed by atoms with Crippen LogP contribution >= 0.6 is 0 Å². The molecule has 0 unspecified atom stereocenters. The van der Waals surface area contributed by atoms with E-state index in [0.717, 1.165) is 25.1 Å². The molecule has 0 saturated heterocycles. The van der Waals surface area contributed by atoms with Gasteiger partial charge in [0.1, 0.15) is 0 Å². The van der Waals surface area contributed by atoms with Gasteiger partial charge in [-0.15, -0.1) is 0 Å². The second kappa shape index (κ2) is 6.17. The topological polar surface area (TPSA) is 33.0 Å². The number of carbonyl (C=O) groups is 1. The average molecular weight is 207 g/mol. The summed E-state index contributed by atoms with van der Waals surface area (Å²) in [6.45, 7) is 5.31. The third-order valence-electron chi connectivity index (χ3n) is 2.33. The van der Waals surface area contributed by atoms with E-state index in [1.54, 1.807) is 0 Å². The Bertz CT molecular complexity index is 323. The van der Waals surface area contributed by atoms with Gasteiger partial charge in [0, 0.05) is 25.6 Å². The van der Waals surface area contributed by atoms with Crippen LogP contribution in [-0.4, -0.2) is 12.5 Å². The maximum Gasteiger partial charge on any atom is 0.285 e. The van der Waals surface area contributed by atoms with Crippen molar-refractivity contribution in [3.05, 3.63) is 30.1 Å². The normalized spacial score (nSPS) is 10.0. The number of hydrogen-bond donors (Lipinski definition) is 1. The highest BCUT2D eigenvalue weighted by atomic mass is 16.1. The molecule has 0 fully saturated rings. The summed E-state index contributed by atoms with van der Waals surface area (Å²) in [6.07, 6.45) is 4.08. The summed E-state index contributed by atoms with van der Waals surface area (Å²) in [7, 11) is 0. The summed E-state index contributed by atoms with van der Waals surface area (Å²) in [5, 5.41) is 2.90. The molecule has 0 aliphatic heterocycles. The molecule has 1 heterocycles. The molecule has 0 bridgehead atoms. The highest BCUT2D eigenvalue weighted by Gasteiger charge is 2.10. The van der Waals surface area contributed by atoms with Gasteiger partial charge >= 0.3 is 0 Å². The van der Waals surface area contributed by atoms with Gasteiger partial charge in [-0.2, -0.15) is 4.57 Å². The van der Waals surface area contributed by atoms with E-state index in [4.69, 9.17) is 0 Å². The Hall–Kier alpha value is -1.38. The zero-order chi connectivity index (χ0) is 11.1. The molecule has 0 saturated carbocycles. The quantitative estimate of drug-likeness (QED) is 0.571. The molecule has 1 aromatic heterocycles. The number of hydrogen-bond acceptors (Lipinski definition) is 1. The fourth-order valence-corrected chi connectivity index (χ4v) is 1.35. The van der Waals surface area contributed by atoms with E-state index in [0.29, 0.717) is 6.54 Å². The SMILES string of the molecule is CCCCNC(=O)C[n+]1ccccc1C. The Balaban J connectivity index is 2.41. The first kappa shape index (κ1) is 11.7. The van der Waals surface area contributed by atoms with Crippen molar-refractivity contribution < 1.29 is 9.36 Å². The zero-order valence-corrected chi connectivity index (χ0v) is 9.49. The molecule has 0 aromatic carbocycles. The Kier molecular flexibility index (Phi) is 4.81. The van der Waals surface area contributed by atoms with E-state index in [1.165, 1.54) is 0 Å². The molecule has 3 nitrogen and oxygen atoms in total. The Morgan fingerprint density at radius 1 is 1.47 bits per heavy atom. The Morgan fingerprint density at radius 2 is 2.27 bits per heavy atom. The van der Waals surface area contributed by atoms with Crippen molar-refractivity contribution in [2.45, 2.75) is 33.2 Å². The number of nitrogens with zero attached hydrogens (tertiary/aromatic N) is 1. The van der Waals surface area contributed by atoms with Crippen molar-refractivity contribution >= 4 is 5.91 Å². The number of carbonyl (C=O) groups excluding carboxylic acids is 1. The minimum Gasteiger partial charge on any atom is -0.351 e. The van der Waals surface area contributed by atoms with E-state index < -0.39 is 0 Å². The fraction of sp³-hybridized carbons (Fsp3) is 0.500. The van der Waals surface area contributed by atoms with Gasteiger partial charge in [-0.3, -0.25) is 4.79 Å². The van der Waals surface area contributed by atoms with E-state index in [1.807, 2.05) is 35.9 Å². The zero-order valence-electron chi connectivity index (χ0n) is 9.49. The molecule has 0 aliphatic rings. The van der Waals surface area contributed by atoms with Crippen LogP contribution < -0.4 is 9.88 Å². The molecule has 0 spiro atoms. The molecule has 0 atom stereocenters. The van der Waals surface area contributed by atoms with E-state index in [-0.39, 0.29) is 5.91 Å². The lowest BCUT2D eigenvalue weighted by atomic mass is 10.3. The van der Waals surface area contributed by atoms with Crippen molar-refractivity contribution in [2.75, 3.05) is 6.54 Å². The maximum absolute atomic E-state index is 11.5. The number of rotatable bonds is 5. The highest BCUT2D eigenvalue weighted by Crippen LogP contribution is 1.87. The lowest BCUT2D eigenvalue weighted by Crippen LogP contribution is -2.44. The minimum atomic E-state index is 0.0859. The van der Waals surface area contributed by atoms with Crippen LogP contribution in [0.2, 0.25) is 0 Å². The molecule has 1 rings (SSSR count). The van der Waals surface area contributed by atoms with Crippen LogP contribution in [0.15, 0.2) is 24.4 Å². The first-order valence-electron chi connectivity index (χ1n) is 5.46. The van der Waals surface area contributed by atoms with Gasteiger partial charge in [-0.05, 0) is 6.42 Å². The van der Waals surface area contributed by atoms with Gasteiger partial charge in [0.2, 0.25) is 6.54 Å². The lowest BCUT2D eigenvalue weighted by molar-refractivity contribution is -0.690. The molecular weight excluding hydrogens is 188 g/mol. The minimum absolute atomic E-state index is 0.0859. The van der Waals surface area contributed by atoms with Crippen molar-refractivity contribution in [1.82, 2.24) is 5.32 Å². The Labute approximate surface area is 91.1 Å². The number of nitrogens with one attached hydrogen (secondary N) is 1. The summed E-state index contributed by atoms with van der Waals surface area (Å²) in [4.78, 5) is 11.5. The number of aromatic nitrogens is 1. The van der Waals surface area contributed by atoms with Crippen LogP contribution in [0, 0.1) is 6.92 Å². The van der Waals surface area contributed by atoms with Crippen LogP contribution in [0.25, 0.3) is 0 Å². The molecule has 3 heteroatoms. The molecular formula is C12H19N2O+. The molecule has 0 radical (unpaired) electrons. The monoisotopic (exact) mass is 207 g/mol. The summed E-state index contributed by atoms with van der Waals surface area (Å²) in [5.74, 6) is 0.0859. The first-order valence-corrected chi connectivity index (χ1v) is 5.46. The fourth-order valence-electron chi connectivity index (χ4n) is 1.35. The number of amides is 1. The largest absolute Gasteiger partial charge is 0.351 e. The molecule has 1 aromatic rings. The standard InChI is InChI=1S/C12H18N2O/c1-3-4-8-13-12(15)10-14-9-6-5-7-11(14)2/h5-7,9H,3-4,8,10H2,1-2H3/p+1. The smallest absolute Gasteiger partial charge is 0.285 e. The van der Waals surface area contributed by atoms with Crippen LogP contribution in [-0.2, 0) is 11.3 Å². The third-order valence-corrected chi connectivity index (χ3v) is 2.33. The van der Waals surface area contributed by atoms with Gasteiger partial charge in [-0.1, -0.05) is 19.4 Å². The van der Waals surface area contributed by atoms with Gasteiger partial charge < -0.3 is 5.32 Å². The highest BCUT2D eigenvalue weighted by molar-refractivity contribution is 5.74.